The average Bonchev–Trinajstić information content (AvgIpc) is 3.12. The molecule has 21 heteroatoms. The van der Waals surface area contributed by atoms with Crippen LogP contribution in [0.4, 0.5) is 10.5 Å². The van der Waals surface area contributed by atoms with E-state index in [1.807, 2.05) is 27.7 Å². The molecule has 1 unspecified atom stereocenters. The third-order valence-electron chi connectivity index (χ3n) is 8.74. The summed E-state index contributed by atoms with van der Waals surface area (Å²) in [5, 5.41) is 43.3. The SMILES string of the molecule is CCC(=O)OCc1ccc(NC(=O)[C@H](CCCNC(N)=O)NC(=O)[C@@H](NC(C)CC)C(C)C)c(O[C@@H]2O[C@H](C(=O)N(C)CCS(=O)(=O)O)[C@@H](O)[C@H](O)[C@H]2O)c1. The smallest absolute Gasteiger partial charge is 0.312 e. The highest BCUT2D eigenvalue weighted by molar-refractivity contribution is 7.85. The second kappa shape index (κ2) is 21.8. The van der Waals surface area contributed by atoms with E-state index in [1.54, 1.807) is 6.92 Å². The van der Waals surface area contributed by atoms with Crippen molar-refractivity contribution in [2.75, 3.05) is 31.2 Å². The Morgan fingerprint density at radius 1 is 1.02 bits per heavy atom. The molecule has 1 aromatic carbocycles. The fourth-order valence-electron chi connectivity index (χ4n) is 5.24. The van der Waals surface area contributed by atoms with Crippen molar-refractivity contribution < 1.29 is 66.5 Å². The van der Waals surface area contributed by atoms with Gasteiger partial charge >= 0.3 is 12.0 Å². The number of urea groups is 1. The lowest BCUT2D eigenvalue weighted by atomic mass is 9.98. The van der Waals surface area contributed by atoms with Crippen LogP contribution in [-0.4, -0.2) is 138 Å². The van der Waals surface area contributed by atoms with Crippen LogP contribution in [0, 0.1) is 5.92 Å². The Kier molecular flexibility index (Phi) is 18.7. The normalized spacial score (nSPS) is 21.5. The molecule has 312 valence electrons. The van der Waals surface area contributed by atoms with Crippen molar-refractivity contribution in [1.82, 2.24) is 20.9 Å². The number of hydrogen-bond acceptors (Lipinski definition) is 14. The average molecular weight is 805 g/mol. The van der Waals surface area contributed by atoms with E-state index in [1.165, 1.54) is 18.2 Å². The predicted molar refractivity (Wildman–Crippen MR) is 197 cm³/mol. The topological polar surface area (TPSA) is 305 Å². The molecular weight excluding hydrogens is 748 g/mol. The maximum absolute atomic E-state index is 13.9. The van der Waals surface area contributed by atoms with Gasteiger partial charge in [-0.3, -0.25) is 23.7 Å². The van der Waals surface area contributed by atoms with Crippen molar-refractivity contribution in [1.29, 1.82) is 0 Å². The summed E-state index contributed by atoms with van der Waals surface area (Å²) in [4.78, 5) is 64.5. The largest absolute Gasteiger partial charge is 0.461 e. The zero-order chi connectivity index (χ0) is 41.6. The van der Waals surface area contributed by atoms with Gasteiger partial charge in [-0.1, -0.05) is 33.8 Å². The molecule has 10 N–H and O–H groups in total. The first-order valence-corrected chi connectivity index (χ1v) is 19.5. The molecule has 2 rings (SSSR count). The van der Waals surface area contributed by atoms with Gasteiger partial charge in [0.05, 0.1) is 17.5 Å². The summed E-state index contributed by atoms with van der Waals surface area (Å²) in [6.07, 6.45) is -8.62. The summed E-state index contributed by atoms with van der Waals surface area (Å²) >= 11 is 0. The number of rotatable bonds is 21. The number of carbonyl (C=O) groups excluding carboxylic acids is 5. The van der Waals surface area contributed by atoms with Crippen molar-refractivity contribution in [3.63, 3.8) is 0 Å². The number of esters is 1. The van der Waals surface area contributed by atoms with Gasteiger partial charge in [-0.25, -0.2) is 4.79 Å². The van der Waals surface area contributed by atoms with E-state index < -0.39 is 94.9 Å². The lowest BCUT2D eigenvalue weighted by molar-refractivity contribution is -0.268. The number of primary amides is 1. The lowest BCUT2D eigenvalue weighted by Gasteiger charge is -2.40. The molecule has 1 aliphatic heterocycles. The number of hydrogen-bond donors (Lipinski definition) is 9. The van der Waals surface area contributed by atoms with Crippen molar-refractivity contribution in [2.24, 2.45) is 11.7 Å². The van der Waals surface area contributed by atoms with Gasteiger partial charge in [0.2, 0.25) is 18.1 Å². The molecule has 1 aromatic rings. The zero-order valence-corrected chi connectivity index (χ0v) is 32.7. The van der Waals surface area contributed by atoms with E-state index in [4.69, 9.17) is 24.5 Å². The molecule has 0 radical (unpaired) electrons. The van der Waals surface area contributed by atoms with Gasteiger partial charge in [0.25, 0.3) is 16.0 Å². The van der Waals surface area contributed by atoms with E-state index in [2.05, 4.69) is 21.3 Å². The lowest BCUT2D eigenvalue weighted by Crippen LogP contribution is -2.63. The van der Waals surface area contributed by atoms with E-state index in [-0.39, 0.29) is 55.8 Å². The highest BCUT2D eigenvalue weighted by atomic mass is 32.2. The first-order valence-electron chi connectivity index (χ1n) is 17.9. The summed E-state index contributed by atoms with van der Waals surface area (Å²) in [6, 6.07) is 1.60. The van der Waals surface area contributed by atoms with Crippen LogP contribution in [0.15, 0.2) is 18.2 Å². The van der Waals surface area contributed by atoms with Crippen LogP contribution >= 0.6 is 0 Å². The fourth-order valence-corrected chi connectivity index (χ4v) is 5.75. The molecule has 1 aliphatic rings. The third kappa shape index (κ3) is 15.1. The fraction of sp³-hybridized carbons (Fsp3) is 0.676. The van der Waals surface area contributed by atoms with Crippen molar-refractivity contribution in [3.8, 4) is 5.75 Å². The Labute approximate surface area is 320 Å². The highest BCUT2D eigenvalue weighted by Gasteiger charge is 2.49. The Bertz CT molecular complexity index is 1580. The molecule has 0 saturated carbocycles. The Balaban J connectivity index is 2.47. The highest BCUT2D eigenvalue weighted by Crippen LogP contribution is 2.32. The van der Waals surface area contributed by atoms with Crippen LogP contribution in [0.1, 0.15) is 65.9 Å². The van der Waals surface area contributed by atoms with Gasteiger partial charge in [0.1, 0.15) is 36.7 Å². The van der Waals surface area contributed by atoms with Crippen molar-refractivity contribution in [2.45, 2.75) is 116 Å². The maximum Gasteiger partial charge on any atom is 0.312 e. The van der Waals surface area contributed by atoms with E-state index in [9.17, 15) is 47.7 Å². The second-order valence-corrected chi connectivity index (χ2v) is 15.2. The number of amides is 5. The van der Waals surface area contributed by atoms with E-state index >= 15 is 0 Å². The number of aliphatic hydroxyl groups excluding tert-OH is 3. The zero-order valence-electron chi connectivity index (χ0n) is 31.9. The minimum absolute atomic E-state index is 0.0102. The molecule has 1 saturated heterocycles. The maximum atomic E-state index is 13.9. The number of carbonyl (C=O) groups is 5. The second-order valence-electron chi connectivity index (χ2n) is 13.6. The standard InChI is InChI=1S/C34H56N6O14S/c1-7-19(5)37-25(18(3)4)31(46)39-22(10-9-13-36-34(35)48)30(45)38-21-12-11-20(17-52-24(41)8-2)16-23(21)53-33-28(44)26(42)27(43)29(54-33)32(47)40(6)14-15-55(49,50)51/h11-12,16,18-19,22,25-29,33,37,42-44H,7-10,13-15,17H2,1-6H3,(H,38,45)(H,39,46)(H3,35,36,48)(H,49,50,51)/t19?,22-,25-,26-,27-,28+,29-,33+/m0/s1. The number of ether oxygens (including phenoxy) is 3. The molecular formula is C34H56N6O14S. The number of aliphatic hydroxyl groups is 3. The van der Waals surface area contributed by atoms with E-state index in [0.29, 0.717) is 5.56 Å². The minimum Gasteiger partial charge on any atom is -0.461 e. The van der Waals surface area contributed by atoms with Gasteiger partial charge in [0.15, 0.2) is 6.10 Å². The molecule has 0 bridgehead atoms. The molecule has 1 fully saturated rings. The third-order valence-corrected chi connectivity index (χ3v) is 9.44. The Morgan fingerprint density at radius 3 is 2.27 bits per heavy atom. The molecule has 5 amide bonds. The van der Waals surface area contributed by atoms with Crippen LogP contribution in [0.3, 0.4) is 0 Å². The molecule has 0 aliphatic carbocycles. The number of nitrogens with zero attached hydrogens (tertiary/aromatic N) is 1. The Morgan fingerprint density at radius 2 is 1.69 bits per heavy atom. The van der Waals surface area contributed by atoms with Crippen molar-refractivity contribution in [3.05, 3.63) is 23.8 Å². The summed E-state index contributed by atoms with van der Waals surface area (Å²) in [5.74, 6) is -3.91. The number of anilines is 1. The molecule has 0 aromatic heterocycles. The number of nitrogens with two attached hydrogens (primary N) is 1. The van der Waals surface area contributed by atoms with Crippen LogP contribution in [0.5, 0.6) is 5.75 Å². The molecule has 1 heterocycles. The van der Waals surface area contributed by atoms with Gasteiger partial charge in [-0.15, -0.1) is 0 Å². The van der Waals surface area contributed by atoms with Gasteiger partial charge < -0.3 is 61.4 Å². The number of benzene rings is 1. The summed E-state index contributed by atoms with van der Waals surface area (Å²) < 4.78 is 48.2. The summed E-state index contributed by atoms with van der Waals surface area (Å²) in [6.45, 7) is 8.52. The minimum atomic E-state index is -4.46. The number of likely N-dealkylation sites (N-methyl/N-ethyl adjacent to an activating group) is 1. The monoisotopic (exact) mass is 804 g/mol. The van der Waals surface area contributed by atoms with Crippen LogP contribution in [0.2, 0.25) is 0 Å². The first kappa shape index (κ1) is 47.0. The van der Waals surface area contributed by atoms with Crippen molar-refractivity contribution >= 4 is 45.5 Å². The molecule has 0 spiro atoms. The van der Waals surface area contributed by atoms with Gasteiger partial charge in [-0.2, -0.15) is 8.42 Å². The molecule has 8 atom stereocenters. The predicted octanol–water partition coefficient (Wildman–Crippen LogP) is -1.04. The van der Waals surface area contributed by atoms with Crippen LogP contribution in [-0.2, 0) is 45.4 Å². The van der Waals surface area contributed by atoms with Crippen LogP contribution in [0.25, 0.3) is 0 Å². The van der Waals surface area contributed by atoms with Gasteiger partial charge in [0, 0.05) is 32.6 Å². The van der Waals surface area contributed by atoms with Gasteiger partial charge in [-0.05, 0) is 49.8 Å². The molecule has 20 nitrogen and oxygen atoms in total. The first-order chi connectivity index (χ1) is 25.7. The summed E-state index contributed by atoms with van der Waals surface area (Å²) in [7, 11) is -3.30. The van der Waals surface area contributed by atoms with E-state index in [0.717, 1.165) is 18.4 Å². The quantitative estimate of drug-likeness (QED) is 0.0407. The number of nitrogens with one attached hydrogen (secondary N) is 4. The Hall–Kier alpha value is -4.12. The summed E-state index contributed by atoms with van der Waals surface area (Å²) in [5.41, 5.74) is 5.47. The molecule has 55 heavy (non-hydrogen) atoms. The van der Waals surface area contributed by atoms with Crippen LogP contribution < -0.4 is 31.7 Å².